The zero-order valence-corrected chi connectivity index (χ0v) is 21.7. The number of nitrogens with one attached hydrogen (secondary N) is 1. The summed E-state index contributed by atoms with van der Waals surface area (Å²) in [7, 11) is 0. The first-order chi connectivity index (χ1) is 17.0. The third-order valence-corrected chi connectivity index (χ3v) is 6.59. The molecule has 36 heavy (non-hydrogen) atoms. The number of benzene rings is 1. The molecule has 1 heterocycles. The second-order valence-corrected chi connectivity index (χ2v) is 10.1. The van der Waals surface area contributed by atoms with E-state index in [1.807, 2.05) is 43.9 Å². The molecular weight excluding hydrogens is 456 g/mol. The van der Waals surface area contributed by atoms with Crippen LogP contribution in [-0.4, -0.2) is 15.5 Å². The quantitative estimate of drug-likeness (QED) is 0.306. The van der Waals surface area contributed by atoms with Crippen LogP contribution >= 0.6 is 0 Å². The molecule has 1 aromatic carbocycles. The molecule has 1 atom stereocenters. The summed E-state index contributed by atoms with van der Waals surface area (Å²) in [5.41, 5.74) is 4.83. The lowest BCUT2D eigenvalue weighted by atomic mass is 9.68. The van der Waals surface area contributed by atoms with Gasteiger partial charge in [0.25, 0.3) is 0 Å². The Bertz CT molecular complexity index is 1210. The summed E-state index contributed by atoms with van der Waals surface area (Å²) in [5, 5.41) is 2.47. The molecule has 1 aliphatic rings. The number of nitrogens with zero attached hydrogens (tertiary/aromatic N) is 2. The van der Waals surface area contributed by atoms with Crippen LogP contribution in [0.1, 0.15) is 47.5 Å². The largest absolute Gasteiger partial charge is 0.337 e. The third kappa shape index (κ3) is 7.74. The zero-order chi connectivity index (χ0) is 26.3. The molecule has 0 radical (unpaired) electrons. The van der Waals surface area contributed by atoms with Crippen molar-refractivity contribution in [1.82, 2.24) is 9.55 Å². The van der Waals surface area contributed by atoms with Gasteiger partial charge >= 0.3 is 0 Å². The normalized spacial score (nSPS) is 18.9. The highest BCUT2D eigenvalue weighted by molar-refractivity contribution is 5.99. The Morgan fingerprint density at radius 2 is 1.89 bits per heavy atom. The second-order valence-electron chi connectivity index (χ2n) is 10.1. The fraction of sp³-hybridized carbons (Fsp3) is 0.333. The first-order valence-corrected chi connectivity index (χ1v) is 12.2. The third-order valence-electron chi connectivity index (χ3n) is 6.59. The molecule has 0 saturated carbocycles. The second kappa shape index (κ2) is 11.9. The van der Waals surface area contributed by atoms with Crippen LogP contribution in [0.15, 0.2) is 95.7 Å². The molecule has 3 rings (SSSR count). The van der Waals surface area contributed by atoms with Gasteiger partial charge in [-0.2, -0.15) is 0 Å². The topological polar surface area (TPSA) is 46.9 Å². The minimum absolute atomic E-state index is 0.0777. The molecule has 0 aliphatic heterocycles. The van der Waals surface area contributed by atoms with E-state index in [2.05, 4.69) is 47.8 Å². The number of halogens is 2. The van der Waals surface area contributed by atoms with Crippen LogP contribution in [0, 0.1) is 23.0 Å². The number of carbonyl (C=O) groups excluding carboxylic acids is 1. The van der Waals surface area contributed by atoms with Crippen molar-refractivity contribution in [1.29, 1.82) is 0 Å². The van der Waals surface area contributed by atoms with Crippen LogP contribution in [0.3, 0.4) is 0 Å². The van der Waals surface area contributed by atoms with Crippen LogP contribution in [0.2, 0.25) is 0 Å². The number of amides is 1. The zero-order valence-electron chi connectivity index (χ0n) is 21.7. The Kier molecular flexibility index (Phi) is 8.97. The number of rotatable bonds is 8. The fourth-order valence-electron chi connectivity index (χ4n) is 4.56. The van der Waals surface area contributed by atoms with Crippen LogP contribution in [0.4, 0.5) is 14.5 Å². The number of anilines is 1. The molecule has 1 N–H and O–H groups in total. The van der Waals surface area contributed by atoms with Crippen molar-refractivity contribution in [3.8, 4) is 0 Å². The van der Waals surface area contributed by atoms with Crippen molar-refractivity contribution >= 4 is 11.6 Å². The minimum Gasteiger partial charge on any atom is -0.337 e. The Hall–Kier alpha value is -3.54. The highest BCUT2D eigenvalue weighted by Crippen LogP contribution is 2.44. The Morgan fingerprint density at radius 3 is 2.56 bits per heavy atom. The molecule has 2 aromatic rings. The SMILES string of the molecule is CC(C=CC1=C(C)C(Cn2ccnc2)CCC1(C)C)=CC=CC(C)=CC(=O)Nc1cc(F)cc(F)c1. The Labute approximate surface area is 212 Å². The summed E-state index contributed by atoms with van der Waals surface area (Å²) in [5.74, 6) is -1.43. The Balaban J connectivity index is 1.64. The van der Waals surface area contributed by atoms with Crippen molar-refractivity contribution in [2.24, 2.45) is 11.3 Å². The summed E-state index contributed by atoms with van der Waals surface area (Å²) in [6, 6.07) is 2.90. The molecule has 4 nitrogen and oxygen atoms in total. The van der Waals surface area contributed by atoms with E-state index >= 15 is 0 Å². The van der Waals surface area contributed by atoms with Gasteiger partial charge in [-0.05, 0) is 68.2 Å². The van der Waals surface area contributed by atoms with Crippen LogP contribution < -0.4 is 5.32 Å². The van der Waals surface area contributed by atoms with Gasteiger partial charge < -0.3 is 9.88 Å². The standard InChI is InChI=1S/C30H35F2N3O/c1-21(7-6-8-22(2)15-29(36)34-27-17-25(31)16-26(32)18-27)9-10-28-23(3)24(11-12-30(28,4)5)19-35-14-13-33-20-35/h6-10,13-18,20,24H,11-12,19H2,1-5H3,(H,34,36). The summed E-state index contributed by atoms with van der Waals surface area (Å²) in [6.07, 6.45) is 19.5. The van der Waals surface area contributed by atoms with E-state index in [0.717, 1.165) is 36.7 Å². The number of imidazole rings is 1. The number of carbonyl (C=O) groups is 1. The number of hydrogen-bond acceptors (Lipinski definition) is 2. The van der Waals surface area contributed by atoms with Crippen molar-refractivity contribution in [2.45, 2.75) is 54.0 Å². The average Bonchev–Trinajstić information content (AvgIpc) is 3.28. The summed E-state index contributed by atoms with van der Waals surface area (Å²) in [4.78, 5) is 16.3. The Morgan fingerprint density at radius 1 is 1.17 bits per heavy atom. The van der Waals surface area contributed by atoms with Gasteiger partial charge in [-0.3, -0.25) is 4.79 Å². The monoisotopic (exact) mass is 491 g/mol. The van der Waals surface area contributed by atoms with Gasteiger partial charge in [0.05, 0.1) is 6.33 Å². The first-order valence-electron chi connectivity index (χ1n) is 12.2. The highest BCUT2D eigenvalue weighted by atomic mass is 19.1. The number of allylic oxidation sites excluding steroid dienone is 9. The maximum Gasteiger partial charge on any atom is 0.248 e. The van der Waals surface area contributed by atoms with Crippen LogP contribution in [0.25, 0.3) is 0 Å². The van der Waals surface area contributed by atoms with Gasteiger partial charge in [-0.15, -0.1) is 0 Å². The minimum atomic E-state index is -0.740. The molecular formula is C30H35F2N3O. The van der Waals surface area contributed by atoms with Gasteiger partial charge in [-0.25, -0.2) is 13.8 Å². The van der Waals surface area contributed by atoms with E-state index in [4.69, 9.17) is 0 Å². The molecule has 190 valence electrons. The molecule has 1 unspecified atom stereocenters. The molecule has 6 heteroatoms. The molecule has 0 saturated heterocycles. The molecule has 1 aliphatic carbocycles. The maximum absolute atomic E-state index is 13.3. The smallest absolute Gasteiger partial charge is 0.248 e. The predicted molar refractivity (Wildman–Crippen MR) is 142 cm³/mol. The number of hydrogen-bond donors (Lipinski definition) is 1. The first kappa shape index (κ1) is 27.1. The molecule has 1 amide bonds. The molecule has 1 aromatic heterocycles. The average molecular weight is 492 g/mol. The van der Waals surface area contributed by atoms with Crippen molar-refractivity contribution < 1.29 is 13.6 Å². The van der Waals surface area contributed by atoms with E-state index in [0.29, 0.717) is 11.5 Å². The lowest BCUT2D eigenvalue weighted by molar-refractivity contribution is -0.111. The summed E-state index contributed by atoms with van der Waals surface area (Å²) < 4.78 is 28.7. The van der Waals surface area contributed by atoms with E-state index in [-0.39, 0.29) is 11.1 Å². The van der Waals surface area contributed by atoms with Gasteiger partial charge in [0, 0.05) is 36.8 Å². The maximum atomic E-state index is 13.3. The van der Waals surface area contributed by atoms with Gasteiger partial charge in [-0.1, -0.05) is 55.4 Å². The van der Waals surface area contributed by atoms with Gasteiger partial charge in [0.1, 0.15) is 11.6 Å². The van der Waals surface area contributed by atoms with E-state index in [9.17, 15) is 13.6 Å². The lowest BCUT2D eigenvalue weighted by Gasteiger charge is -2.37. The fourth-order valence-corrected chi connectivity index (χ4v) is 4.56. The molecule has 0 fully saturated rings. The van der Waals surface area contributed by atoms with Crippen LogP contribution in [0.5, 0.6) is 0 Å². The highest BCUT2D eigenvalue weighted by Gasteiger charge is 2.31. The summed E-state index contributed by atoms with van der Waals surface area (Å²) in [6.45, 7) is 11.6. The predicted octanol–water partition coefficient (Wildman–Crippen LogP) is 7.56. The van der Waals surface area contributed by atoms with Crippen molar-refractivity contribution in [3.05, 3.63) is 107 Å². The molecule has 0 bridgehead atoms. The van der Waals surface area contributed by atoms with Crippen molar-refractivity contribution in [3.63, 3.8) is 0 Å². The molecule has 0 spiro atoms. The van der Waals surface area contributed by atoms with E-state index in [1.54, 1.807) is 6.92 Å². The summed E-state index contributed by atoms with van der Waals surface area (Å²) >= 11 is 0. The number of aromatic nitrogens is 2. The van der Waals surface area contributed by atoms with Crippen LogP contribution in [-0.2, 0) is 11.3 Å². The van der Waals surface area contributed by atoms with Gasteiger partial charge in [0.15, 0.2) is 0 Å². The lowest BCUT2D eigenvalue weighted by Crippen LogP contribution is -2.26. The van der Waals surface area contributed by atoms with Gasteiger partial charge in [0.2, 0.25) is 5.91 Å². The van der Waals surface area contributed by atoms with Crippen molar-refractivity contribution in [2.75, 3.05) is 5.32 Å². The van der Waals surface area contributed by atoms with E-state index < -0.39 is 17.5 Å². The van der Waals surface area contributed by atoms with E-state index in [1.165, 1.54) is 23.6 Å².